The van der Waals surface area contributed by atoms with Gasteiger partial charge in [-0.15, -0.1) is 33.3 Å². The molecule has 1 aliphatic heterocycles. The van der Waals surface area contributed by atoms with E-state index in [-0.39, 0.29) is 0 Å². The summed E-state index contributed by atoms with van der Waals surface area (Å²) in [5.74, 6) is 0.874. The summed E-state index contributed by atoms with van der Waals surface area (Å²) in [5.41, 5.74) is 5.04. The van der Waals surface area contributed by atoms with Crippen LogP contribution in [-0.4, -0.2) is 19.6 Å². The predicted octanol–water partition coefficient (Wildman–Crippen LogP) is 5.77. The Morgan fingerprint density at radius 2 is 1.66 bits per heavy atom. The van der Waals surface area contributed by atoms with E-state index >= 15 is 0 Å². The van der Waals surface area contributed by atoms with Crippen LogP contribution in [-0.2, 0) is 6.42 Å². The van der Waals surface area contributed by atoms with Crippen LogP contribution in [0.5, 0.6) is 0 Å². The first-order valence-electron chi connectivity index (χ1n) is 9.66. The Morgan fingerprint density at radius 3 is 2.41 bits per heavy atom. The molecule has 0 aliphatic carbocycles. The topological polar surface area (TPSA) is 43.1 Å². The summed E-state index contributed by atoms with van der Waals surface area (Å²) in [7, 11) is 0. The van der Waals surface area contributed by atoms with E-state index in [4.69, 9.17) is 4.98 Å². The van der Waals surface area contributed by atoms with E-state index in [2.05, 4.69) is 70.9 Å². The number of hydrogen-bond acceptors (Lipinski definition) is 5. The third-order valence-electron chi connectivity index (χ3n) is 5.60. The molecule has 1 aliphatic rings. The first-order valence-corrected chi connectivity index (χ1v) is 11.4. The van der Waals surface area contributed by atoms with Crippen molar-refractivity contribution in [2.75, 3.05) is 0 Å². The van der Waals surface area contributed by atoms with Gasteiger partial charge in [0.25, 0.3) is 0 Å². The summed E-state index contributed by atoms with van der Waals surface area (Å²) < 4.78 is 2.01. The summed E-state index contributed by atoms with van der Waals surface area (Å²) in [5, 5.41) is 10.7. The number of aromatic nitrogens is 4. The number of benzene rings is 2. The first-order chi connectivity index (χ1) is 14.3. The standard InChI is InChI=1S/C23H18N4S2/c1-14-25-26-22-19-17-12-18(15-8-4-2-5-9-15)28-20(16-10-6-3-7-11-16)21(17)29-23(19)24-13-27(14)22/h2-11,13,18,20H,12H2,1H3/t18-,20+/m1/s1. The molecule has 6 heteroatoms. The normalized spacial score (nSPS) is 18.9. The van der Waals surface area contributed by atoms with Crippen molar-refractivity contribution in [2.45, 2.75) is 23.8 Å². The SMILES string of the molecule is Cc1nnc2c3c4c(sc3ncn12)[C@H](c1ccccc1)S[C@@H](c1ccccc1)C4. The third kappa shape index (κ3) is 2.70. The van der Waals surface area contributed by atoms with Gasteiger partial charge >= 0.3 is 0 Å². The maximum Gasteiger partial charge on any atom is 0.172 e. The second kappa shape index (κ2) is 6.68. The van der Waals surface area contributed by atoms with E-state index in [9.17, 15) is 0 Å². The molecule has 0 saturated carbocycles. The number of thioether (sulfide) groups is 1. The highest BCUT2D eigenvalue weighted by Gasteiger charge is 2.34. The highest BCUT2D eigenvalue weighted by Crippen LogP contribution is 2.55. The van der Waals surface area contributed by atoms with Gasteiger partial charge in [0.05, 0.1) is 10.6 Å². The number of hydrogen-bond donors (Lipinski definition) is 0. The lowest BCUT2D eigenvalue weighted by Gasteiger charge is -2.30. The minimum Gasteiger partial charge on any atom is -0.269 e. The summed E-state index contributed by atoms with van der Waals surface area (Å²) >= 11 is 3.86. The van der Waals surface area contributed by atoms with Crippen molar-refractivity contribution in [1.82, 2.24) is 19.6 Å². The van der Waals surface area contributed by atoms with Gasteiger partial charge in [0.2, 0.25) is 0 Å². The lowest BCUT2D eigenvalue weighted by atomic mass is 9.98. The molecule has 6 rings (SSSR count). The van der Waals surface area contributed by atoms with Crippen LogP contribution in [0, 0.1) is 6.92 Å². The predicted molar refractivity (Wildman–Crippen MR) is 120 cm³/mol. The highest BCUT2D eigenvalue weighted by atomic mass is 32.2. The van der Waals surface area contributed by atoms with Crippen LogP contribution >= 0.6 is 23.1 Å². The molecule has 5 aromatic rings. The van der Waals surface area contributed by atoms with Crippen molar-refractivity contribution < 1.29 is 0 Å². The zero-order valence-corrected chi connectivity index (χ0v) is 17.5. The van der Waals surface area contributed by atoms with Crippen molar-refractivity contribution >= 4 is 39.0 Å². The van der Waals surface area contributed by atoms with E-state index < -0.39 is 0 Å². The minimum atomic E-state index is 0.299. The Labute approximate surface area is 176 Å². The molecule has 0 radical (unpaired) electrons. The van der Waals surface area contributed by atoms with Crippen LogP contribution < -0.4 is 0 Å². The number of aryl methyl sites for hydroxylation is 1. The Kier molecular flexibility index (Phi) is 3.96. The monoisotopic (exact) mass is 414 g/mol. The fourth-order valence-electron chi connectivity index (χ4n) is 4.17. The fraction of sp³-hybridized carbons (Fsp3) is 0.174. The van der Waals surface area contributed by atoms with Gasteiger partial charge < -0.3 is 0 Å². The molecule has 4 nitrogen and oxygen atoms in total. The fourth-order valence-corrected chi connectivity index (χ4v) is 7.15. The van der Waals surface area contributed by atoms with Gasteiger partial charge in [-0.3, -0.25) is 4.40 Å². The van der Waals surface area contributed by atoms with Crippen molar-refractivity contribution in [2.24, 2.45) is 0 Å². The van der Waals surface area contributed by atoms with E-state index in [0.29, 0.717) is 10.5 Å². The molecule has 0 fully saturated rings. The van der Waals surface area contributed by atoms with Crippen molar-refractivity contribution in [3.63, 3.8) is 0 Å². The van der Waals surface area contributed by atoms with Crippen molar-refractivity contribution in [1.29, 1.82) is 0 Å². The summed E-state index contributed by atoms with van der Waals surface area (Å²) in [6, 6.07) is 21.7. The Balaban J connectivity index is 1.61. The quantitative estimate of drug-likeness (QED) is 0.368. The van der Waals surface area contributed by atoms with Gasteiger partial charge in [-0.05, 0) is 30.0 Å². The van der Waals surface area contributed by atoms with Gasteiger partial charge in [0.15, 0.2) is 5.65 Å². The summed E-state index contributed by atoms with van der Waals surface area (Å²) in [6.07, 6.45) is 2.84. The Hall–Kier alpha value is -2.70. The molecule has 142 valence electrons. The molecule has 2 aromatic carbocycles. The lowest BCUT2D eigenvalue weighted by molar-refractivity contribution is 0.894. The largest absolute Gasteiger partial charge is 0.269 e. The molecular formula is C23H18N4S2. The van der Waals surface area contributed by atoms with E-state index in [1.165, 1.54) is 27.0 Å². The van der Waals surface area contributed by atoms with Gasteiger partial charge in [-0.1, -0.05) is 60.7 Å². The molecule has 2 atom stereocenters. The Morgan fingerprint density at radius 1 is 0.931 bits per heavy atom. The summed E-state index contributed by atoms with van der Waals surface area (Å²) in [4.78, 5) is 7.23. The summed E-state index contributed by atoms with van der Waals surface area (Å²) in [6.45, 7) is 1.97. The number of nitrogens with zero attached hydrogens (tertiary/aromatic N) is 4. The van der Waals surface area contributed by atoms with E-state index in [1.807, 2.05) is 40.8 Å². The molecular weight excluding hydrogens is 396 g/mol. The molecule has 0 bridgehead atoms. The van der Waals surface area contributed by atoms with Crippen LogP contribution in [0.3, 0.4) is 0 Å². The number of thiophene rings is 1. The second-order valence-corrected chi connectivity index (χ2v) is 9.68. The molecule has 0 unspecified atom stereocenters. The third-order valence-corrected chi connectivity index (χ3v) is 8.50. The van der Waals surface area contributed by atoms with Crippen molar-refractivity contribution in [3.8, 4) is 0 Å². The maximum absolute atomic E-state index is 4.77. The van der Waals surface area contributed by atoms with Crippen LogP contribution in [0.25, 0.3) is 15.9 Å². The van der Waals surface area contributed by atoms with Crippen molar-refractivity contribution in [3.05, 3.63) is 94.4 Å². The molecule has 3 aromatic heterocycles. The van der Waals surface area contributed by atoms with E-state index in [0.717, 1.165) is 22.7 Å². The van der Waals surface area contributed by atoms with Gasteiger partial charge in [0, 0.05) is 10.1 Å². The number of fused-ring (bicyclic) bond motifs is 5. The van der Waals surface area contributed by atoms with Crippen LogP contribution in [0.15, 0.2) is 67.0 Å². The molecule has 0 amide bonds. The van der Waals surface area contributed by atoms with Gasteiger partial charge in [-0.2, -0.15) is 0 Å². The smallest absolute Gasteiger partial charge is 0.172 e. The number of rotatable bonds is 2. The lowest BCUT2D eigenvalue weighted by Crippen LogP contribution is -2.11. The molecule has 0 spiro atoms. The molecule has 0 N–H and O–H groups in total. The first kappa shape index (κ1) is 17.2. The highest BCUT2D eigenvalue weighted by molar-refractivity contribution is 8.00. The molecule has 0 saturated heterocycles. The van der Waals surface area contributed by atoms with Crippen LogP contribution in [0.2, 0.25) is 0 Å². The average Bonchev–Trinajstić information content (AvgIpc) is 3.34. The molecule has 4 heterocycles. The maximum atomic E-state index is 4.77. The zero-order chi connectivity index (χ0) is 19.4. The minimum absolute atomic E-state index is 0.299. The van der Waals surface area contributed by atoms with Crippen LogP contribution in [0.4, 0.5) is 0 Å². The second-order valence-electron chi connectivity index (χ2n) is 7.34. The van der Waals surface area contributed by atoms with Gasteiger partial charge in [0.1, 0.15) is 17.0 Å². The zero-order valence-electron chi connectivity index (χ0n) is 15.8. The van der Waals surface area contributed by atoms with Gasteiger partial charge in [-0.25, -0.2) is 4.98 Å². The average molecular weight is 415 g/mol. The van der Waals surface area contributed by atoms with E-state index in [1.54, 1.807) is 0 Å². The Bertz CT molecular complexity index is 1330. The molecule has 29 heavy (non-hydrogen) atoms. The van der Waals surface area contributed by atoms with Crippen LogP contribution in [0.1, 0.15) is 37.9 Å².